The van der Waals surface area contributed by atoms with Crippen molar-refractivity contribution in [2.75, 3.05) is 5.32 Å². The molecule has 1 saturated carbocycles. The number of nitrogens with one attached hydrogen (secondary N) is 1. The number of hydrogen-bond acceptors (Lipinski definition) is 4. The number of benzene rings is 1. The molecular formula is C17H20N2O3S2. The highest BCUT2D eigenvalue weighted by atomic mass is 32.2. The van der Waals surface area contributed by atoms with E-state index >= 15 is 0 Å². The van der Waals surface area contributed by atoms with E-state index in [4.69, 9.17) is 0 Å². The molecular weight excluding hydrogens is 344 g/mol. The Morgan fingerprint density at radius 1 is 1.25 bits per heavy atom. The molecule has 1 aromatic carbocycles. The topological polar surface area (TPSA) is 66.5 Å². The van der Waals surface area contributed by atoms with Crippen molar-refractivity contribution in [3.05, 3.63) is 46.7 Å². The van der Waals surface area contributed by atoms with Crippen LogP contribution in [0.15, 0.2) is 46.7 Å². The van der Waals surface area contributed by atoms with E-state index < -0.39 is 10.0 Å². The number of carbonyl (C=O) groups excluding carboxylic acids is 1. The van der Waals surface area contributed by atoms with Gasteiger partial charge in [-0.1, -0.05) is 13.0 Å². The van der Waals surface area contributed by atoms with Crippen molar-refractivity contribution < 1.29 is 13.2 Å². The molecule has 0 unspecified atom stereocenters. The Kier molecular flexibility index (Phi) is 5.03. The van der Waals surface area contributed by atoms with Crippen LogP contribution in [0.1, 0.15) is 31.1 Å². The number of hydrogen-bond donors (Lipinski definition) is 1. The van der Waals surface area contributed by atoms with Crippen LogP contribution in [0.4, 0.5) is 5.69 Å². The average molecular weight is 364 g/mol. The first-order valence-electron chi connectivity index (χ1n) is 7.95. The summed E-state index contributed by atoms with van der Waals surface area (Å²) in [5.41, 5.74) is 0.608. The van der Waals surface area contributed by atoms with Gasteiger partial charge in [-0.15, -0.1) is 11.3 Å². The van der Waals surface area contributed by atoms with Crippen LogP contribution in [0.3, 0.4) is 0 Å². The van der Waals surface area contributed by atoms with Gasteiger partial charge in [0.05, 0.1) is 4.90 Å². The van der Waals surface area contributed by atoms with Crippen LogP contribution in [0.25, 0.3) is 0 Å². The third-order valence-corrected chi connectivity index (χ3v) is 6.69. The van der Waals surface area contributed by atoms with Gasteiger partial charge in [-0.2, -0.15) is 4.31 Å². The first-order chi connectivity index (χ1) is 11.5. The smallest absolute Gasteiger partial charge is 0.243 e. The first kappa shape index (κ1) is 17.1. The summed E-state index contributed by atoms with van der Waals surface area (Å²) >= 11 is 1.57. The Labute approximate surface area is 146 Å². The molecule has 1 aliphatic rings. The summed E-state index contributed by atoms with van der Waals surface area (Å²) in [7, 11) is -3.54. The third kappa shape index (κ3) is 3.85. The summed E-state index contributed by atoms with van der Waals surface area (Å²) in [5.74, 6) is -0.0945. The second-order valence-corrected chi connectivity index (χ2v) is 8.71. The predicted molar refractivity (Wildman–Crippen MR) is 95.4 cm³/mol. The molecule has 1 amide bonds. The fourth-order valence-corrected chi connectivity index (χ4v) is 4.87. The minimum Gasteiger partial charge on any atom is -0.326 e. The second kappa shape index (κ2) is 7.04. The zero-order valence-corrected chi connectivity index (χ0v) is 15.1. The second-order valence-electron chi connectivity index (χ2n) is 5.79. The van der Waals surface area contributed by atoms with Crippen LogP contribution in [-0.2, 0) is 21.4 Å². The van der Waals surface area contributed by atoms with E-state index in [2.05, 4.69) is 5.32 Å². The number of rotatable bonds is 7. The molecule has 1 aromatic heterocycles. The van der Waals surface area contributed by atoms with Crippen molar-refractivity contribution in [1.82, 2.24) is 4.31 Å². The number of sulfonamides is 1. The normalized spacial score (nSPS) is 14.8. The molecule has 24 heavy (non-hydrogen) atoms. The Balaban J connectivity index is 1.81. The standard InChI is InChI=1S/C17H20N2O3S2/c1-2-17(20)18-13-5-9-16(10-6-13)24(21,22)19(14-7-8-14)12-15-4-3-11-23-15/h3-6,9-11,14H,2,7-8,12H2,1H3,(H,18,20). The van der Waals surface area contributed by atoms with Crippen LogP contribution in [-0.4, -0.2) is 24.7 Å². The lowest BCUT2D eigenvalue weighted by Gasteiger charge is -2.21. The maximum atomic E-state index is 13.0. The molecule has 0 radical (unpaired) electrons. The van der Waals surface area contributed by atoms with Crippen LogP contribution < -0.4 is 5.32 Å². The summed E-state index contributed by atoms with van der Waals surface area (Å²) in [5, 5.41) is 4.68. The van der Waals surface area contributed by atoms with Gasteiger partial charge in [-0.05, 0) is 48.6 Å². The average Bonchev–Trinajstić information content (AvgIpc) is 3.28. The van der Waals surface area contributed by atoms with E-state index in [0.717, 1.165) is 17.7 Å². The summed E-state index contributed by atoms with van der Waals surface area (Å²) < 4.78 is 27.5. The zero-order valence-electron chi connectivity index (χ0n) is 13.4. The Morgan fingerprint density at radius 3 is 2.50 bits per heavy atom. The van der Waals surface area contributed by atoms with Gasteiger partial charge in [0.2, 0.25) is 15.9 Å². The molecule has 1 aliphatic carbocycles. The molecule has 2 aromatic rings. The minimum atomic E-state index is -3.54. The molecule has 0 spiro atoms. The molecule has 128 valence electrons. The van der Waals surface area contributed by atoms with Gasteiger partial charge in [-0.25, -0.2) is 8.42 Å². The van der Waals surface area contributed by atoms with E-state index in [0.29, 0.717) is 18.7 Å². The largest absolute Gasteiger partial charge is 0.326 e. The molecule has 5 nitrogen and oxygen atoms in total. The molecule has 0 aliphatic heterocycles. The SMILES string of the molecule is CCC(=O)Nc1ccc(S(=O)(=O)N(Cc2cccs2)C2CC2)cc1. The van der Waals surface area contributed by atoms with Crippen LogP contribution in [0.5, 0.6) is 0 Å². The molecule has 0 saturated heterocycles. The quantitative estimate of drug-likeness (QED) is 0.818. The van der Waals surface area contributed by atoms with E-state index in [1.54, 1.807) is 46.8 Å². The van der Waals surface area contributed by atoms with Gasteiger partial charge in [0, 0.05) is 29.6 Å². The van der Waals surface area contributed by atoms with Crippen LogP contribution >= 0.6 is 11.3 Å². The van der Waals surface area contributed by atoms with Crippen molar-refractivity contribution in [3.63, 3.8) is 0 Å². The lowest BCUT2D eigenvalue weighted by molar-refractivity contribution is -0.115. The van der Waals surface area contributed by atoms with Gasteiger partial charge >= 0.3 is 0 Å². The number of nitrogens with zero attached hydrogens (tertiary/aromatic N) is 1. The molecule has 1 fully saturated rings. The molecule has 1 heterocycles. The molecule has 1 N–H and O–H groups in total. The summed E-state index contributed by atoms with van der Waals surface area (Å²) in [4.78, 5) is 12.7. The lowest BCUT2D eigenvalue weighted by Crippen LogP contribution is -2.32. The Morgan fingerprint density at radius 2 is 1.96 bits per heavy atom. The molecule has 0 atom stereocenters. The number of amides is 1. The Bertz CT molecular complexity index is 795. The maximum absolute atomic E-state index is 13.0. The lowest BCUT2D eigenvalue weighted by atomic mass is 10.3. The van der Waals surface area contributed by atoms with Gasteiger partial charge in [0.15, 0.2) is 0 Å². The van der Waals surface area contributed by atoms with Crippen molar-refractivity contribution in [2.45, 2.75) is 43.7 Å². The van der Waals surface area contributed by atoms with Gasteiger partial charge in [-0.3, -0.25) is 4.79 Å². The van der Waals surface area contributed by atoms with Crippen LogP contribution in [0, 0.1) is 0 Å². The predicted octanol–water partition coefficient (Wildman–Crippen LogP) is 3.45. The first-order valence-corrected chi connectivity index (χ1v) is 10.3. The van der Waals surface area contributed by atoms with Crippen molar-refractivity contribution >= 4 is 33.0 Å². The Hall–Kier alpha value is -1.70. The van der Waals surface area contributed by atoms with E-state index in [1.807, 2.05) is 17.5 Å². The van der Waals surface area contributed by atoms with Crippen molar-refractivity contribution in [2.24, 2.45) is 0 Å². The highest BCUT2D eigenvalue weighted by Gasteiger charge is 2.38. The van der Waals surface area contributed by atoms with Crippen molar-refractivity contribution in [3.8, 4) is 0 Å². The number of carbonyl (C=O) groups is 1. The minimum absolute atomic E-state index is 0.0940. The van der Waals surface area contributed by atoms with E-state index in [9.17, 15) is 13.2 Å². The van der Waals surface area contributed by atoms with Crippen molar-refractivity contribution in [1.29, 1.82) is 0 Å². The van der Waals surface area contributed by atoms with Gasteiger partial charge in [0.25, 0.3) is 0 Å². The molecule has 0 bridgehead atoms. The fourth-order valence-electron chi connectivity index (χ4n) is 2.42. The zero-order chi connectivity index (χ0) is 17.2. The highest BCUT2D eigenvalue weighted by molar-refractivity contribution is 7.89. The number of anilines is 1. The molecule has 3 rings (SSSR count). The third-order valence-electron chi connectivity index (χ3n) is 3.91. The number of thiophene rings is 1. The fraction of sp³-hybridized carbons (Fsp3) is 0.353. The highest BCUT2D eigenvalue weighted by Crippen LogP contribution is 2.34. The summed E-state index contributed by atoms with van der Waals surface area (Å²) in [6.45, 7) is 2.19. The van der Waals surface area contributed by atoms with Crippen LogP contribution in [0.2, 0.25) is 0 Å². The summed E-state index contributed by atoms with van der Waals surface area (Å²) in [6, 6.07) is 10.4. The van der Waals surface area contributed by atoms with Gasteiger partial charge in [0.1, 0.15) is 0 Å². The van der Waals surface area contributed by atoms with Gasteiger partial charge < -0.3 is 5.32 Å². The van der Waals surface area contributed by atoms with E-state index in [1.165, 1.54) is 0 Å². The van der Waals surface area contributed by atoms with E-state index in [-0.39, 0.29) is 16.8 Å². The summed E-state index contributed by atoms with van der Waals surface area (Å²) in [6.07, 6.45) is 2.21. The molecule has 7 heteroatoms. The maximum Gasteiger partial charge on any atom is 0.243 e. The monoisotopic (exact) mass is 364 g/mol.